The highest BCUT2D eigenvalue weighted by Crippen LogP contribution is 2.39. The van der Waals surface area contributed by atoms with Gasteiger partial charge in [0, 0.05) is 6.54 Å². The molecule has 0 unspecified atom stereocenters. The standard InChI is InChI=1S/C20H22FN5O2/c1-2-28-19(27)20(11-5-6-12-20)13-22-16-9-10-17-23-24-18(26(17)25-16)14-7-3-4-8-15(14)21/h3-4,7-10H,2,5-6,11-13H2,1H3,(H,22,25). The van der Waals surface area contributed by atoms with Gasteiger partial charge in [0.15, 0.2) is 11.5 Å². The monoisotopic (exact) mass is 383 g/mol. The molecule has 4 rings (SSSR count). The van der Waals surface area contributed by atoms with Crippen molar-refractivity contribution in [3.05, 3.63) is 42.2 Å². The van der Waals surface area contributed by atoms with Crippen LogP contribution in [0, 0.1) is 11.2 Å². The largest absolute Gasteiger partial charge is 0.466 e. The zero-order chi connectivity index (χ0) is 19.6. The normalized spacial score (nSPS) is 15.6. The molecule has 28 heavy (non-hydrogen) atoms. The van der Waals surface area contributed by atoms with Gasteiger partial charge in [-0.1, -0.05) is 25.0 Å². The Morgan fingerprint density at radius 3 is 2.75 bits per heavy atom. The highest BCUT2D eigenvalue weighted by Gasteiger charge is 2.42. The first-order valence-corrected chi connectivity index (χ1v) is 9.51. The average Bonchev–Trinajstić information content (AvgIpc) is 3.35. The number of ether oxygens (including phenoxy) is 1. The number of hydrogen-bond acceptors (Lipinski definition) is 6. The van der Waals surface area contributed by atoms with Crippen molar-refractivity contribution >= 4 is 17.4 Å². The van der Waals surface area contributed by atoms with Crippen LogP contribution < -0.4 is 5.32 Å². The van der Waals surface area contributed by atoms with Gasteiger partial charge in [0.2, 0.25) is 0 Å². The maximum Gasteiger partial charge on any atom is 0.313 e. The Kier molecular flexibility index (Phi) is 4.93. The minimum absolute atomic E-state index is 0.155. The summed E-state index contributed by atoms with van der Waals surface area (Å²) in [4.78, 5) is 12.5. The van der Waals surface area contributed by atoms with Crippen LogP contribution in [0.15, 0.2) is 36.4 Å². The van der Waals surface area contributed by atoms with E-state index in [1.54, 1.807) is 30.3 Å². The molecule has 0 bridgehead atoms. The zero-order valence-corrected chi connectivity index (χ0v) is 15.7. The fraction of sp³-hybridized carbons (Fsp3) is 0.400. The lowest BCUT2D eigenvalue weighted by Gasteiger charge is -2.26. The van der Waals surface area contributed by atoms with Gasteiger partial charge in [-0.25, -0.2) is 4.39 Å². The molecule has 146 valence electrons. The van der Waals surface area contributed by atoms with Crippen LogP contribution in [0.25, 0.3) is 17.0 Å². The van der Waals surface area contributed by atoms with Crippen LogP contribution in [0.3, 0.4) is 0 Å². The van der Waals surface area contributed by atoms with Crippen molar-refractivity contribution in [2.75, 3.05) is 18.5 Å². The van der Waals surface area contributed by atoms with Crippen LogP contribution >= 0.6 is 0 Å². The van der Waals surface area contributed by atoms with Crippen molar-refractivity contribution in [3.63, 3.8) is 0 Å². The number of esters is 1. The van der Waals surface area contributed by atoms with Gasteiger partial charge in [-0.05, 0) is 44.0 Å². The van der Waals surface area contributed by atoms with Crippen molar-refractivity contribution in [3.8, 4) is 11.4 Å². The Labute approximate surface area is 161 Å². The lowest BCUT2D eigenvalue weighted by atomic mass is 9.86. The van der Waals surface area contributed by atoms with Gasteiger partial charge in [0.1, 0.15) is 11.6 Å². The number of anilines is 1. The Hall–Kier alpha value is -3.03. The summed E-state index contributed by atoms with van der Waals surface area (Å²) in [6.07, 6.45) is 3.62. The molecule has 0 spiro atoms. The molecule has 1 saturated carbocycles. The molecule has 7 nitrogen and oxygen atoms in total. The van der Waals surface area contributed by atoms with E-state index in [2.05, 4.69) is 20.6 Å². The number of hydrogen-bond donors (Lipinski definition) is 1. The molecule has 0 aliphatic heterocycles. The number of carbonyl (C=O) groups excluding carboxylic acids is 1. The Morgan fingerprint density at radius 2 is 2.00 bits per heavy atom. The van der Waals surface area contributed by atoms with E-state index in [0.717, 1.165) is 25.7 Å². The minimum atomic E-state index is -0.520. The van der Waals surface area contributed by atoms with Crippen molar-refractivity contribution in [1.82, 2.24) is 19.8 Å². The molecule has 1 aromatic carbocycles. The topological polar surface area (TPSA) is 81.4 Å². The molecule has 8 heteroatoms. The number of nitrogens with one attached hydrogen (secondary N) is 1. The van der Waals surface area contributed by atoms with Crippen molar-refractivity contribution in [2.45, 2.75) is 32.6 Å². The fourth-order valence-corrected chi connectivity index (χ4v) is 3.74. The highest BCUT2D eigenvalue weighted by molar-refractivity contribution is 5.78. The molecule has 0 saturated heterocycles. The van der Waals surface area contributed by atoms with E-state index in [1.807, 2.05) is 6.92 Å². The average molecular weight is 383 g/mol. The summed E-state index contributed by atoms with van der Waals surface area (Å²) in [5.74, 6) is 0.361. The van der Waals surface area contributed by atoms with E-state index in [9.17, 15) is 9.18 Å². The first-order valence-electron chi connectivity index (χ1n) is 9.51. The second-order valence-corrected chi connectivity index (χ2v) is 7.05. The number of nitrogens with zero attached hydrogens (tertiary/aromatic N) is 4. The molecule has 0 amide bonds. The third-order valence-electron chi connectivity index (χ3n) is 5.25. The van der Waals surface area contributed by atoms with Gasteiger partial charge >= 0.3 is 5.97 Å². The second-order valence-electron chi connectivity index (χ2n) is 7.05. The second kappa shape index (κ2) is 7.53. The summed E-state index contributed by atoms with van der Waals surface area (Å²) < 4.78 is 21.0. The van der Waals surface area contributed by atoms with Crippen molar-refractivity contribution in [1.29, 1.82) is 0 Å². The summed E-state index contributed by atoms with van der Waals surface area (Å²) >= 11 is 0. The van der Waals surface area contributed by atoms with Crippen molar-refractivity contribution < 1.29 is 13.9 Å². The summed E-state index contributed by atoms with van der Waals surface area (Å²) in [5.41, 5.74) is 0.331. The van der Waals surface area contributed by atoms with Crippen LogP contribution in [0.2, 0.25) is 0 Å². The predicted octanol–water partition coefficient (Wildman–Crippen LogP) is 3.47. The van der Waals surface area contributed by atoms with Gasteiger partial charge in [0.05, 0.1) is 17.6 Å². The van der Waals surface area contributed by atoms with Crippen LogP contribution in [-0.4, -0.2) is 38.9 Å². The lowest BCUT2D eigenvalue weighted by molar-refractivity contribution is -0.154. The maximum absolute atomic E-state index is 14.2. The van der Waals surface area contributed by atoms with Crippen LogP contribution in [0.1, 0.15) is 32.6 Å². The van der Waals surface area contributed by atoms with E-state index < -0.39 is 5.41 Å². The SMILES string of the molecule is CCOC(=O)C1(CNc2ccc3nnc(-c4ccccc4F)n3n2)CCCC1. The molecule has 1 aliphatic carbocycles. The van der Waals surface area contributed by atoms with Gasteiger partial charge < -0.3 is 10.1 Å². The van der Waals surface area contributed by atoms with E-state index in [4.69, 9.17) is 4.74 Å². The van der Waals surface area contributed by atoms with Gasteiger partial charge in [-0.2, -0.15) is 4.52 Å². The summed E-state index contributed by atoms with van der Waals surface area (Å²) in [6, 6.07) is 9.93. The fourth-order valence-electron chi connectivity index (χ4n) is 3.74. The number of rotatable bonds is 6. The van der Waals surface area contributed by atoms with Gasteiger partial charge in [-0.3, -0.25) is 4.79 Å². The third-order valence-corrected chi connectivity index (χ3v) is 5.25. The molecule has 1 N–H and O–H groups in total. The molecule has 3 aromatic rings. The highest BCUT2D eigenvalue weighted by atomic mass is 19.1. The van der Waals surface area contributed by atoms with Crippen LogP contribution in [-0.2, 0) is 9.53 Å². The first kappa shape index (κ1) is 18.3. The molecule has 1 aliphatic rings. The number of carbonyl (C=O) groups is 1. The summed E-state index contributed by atoms with van der Waals surface area (Å²) in [6.45, 7) is 2.64. The minimum Gasteiger partial charge on any atom is -0.466 e. The van der Waals surface area contributed by atoms with Crippen molar-refractivity contribution in [2.24, 2.45) is 5.41 Å². The number of aromatic nitrogens is 4. The van der Waals surface area contributed by atoms with E-state index >= 15 is 0 Å². The van der Waals surface area contributed by atoms with E-state index in [0.29, 0.717) is 36.0 Å². The molecular weight excluding hydrogens is 361 g/mol. The quantitative estimate of drug-likeness (QED) is 0.657. The summed E-state index contributed by atoms with van der Waals surface area (Å²) in [5, 5.41) is 15.9. The maximum atomic E-state index is 14.2. The van der Waals surface area contributed by atoms with E-state index in [1.165, 1.54) is 10.6 Å². The molecule has 0 atom stereocenters. The lowest BCUT2D eigenvalue weighted by Crippen LogP contribution is -2.37. The Bertz CT molecular complexity index is 997. The smallest absolute Gasteiger partial charge is 0.313 e. The third kappa shape index (κ3) is 3.30. The number of halogens is 1. The van der Waals surface area contributed by atoms with Gasteiger partial charge in [-0.15, -0.1) is 15.3 Å². The number of fused-ring (bicyclic) bond motifs is 1. The molecule has 0 radical (unpaired) electrons. The number of benzene rings is 1. The van der Waals surface area contributed by atoms with E-state index in [-0.39, 0.29) is 11.8 Å². The van der Waals surface area contributed by atoms with Crippen LogP contribution in [0.4, 0.5) is 10.2 Å². The molecule has 2 heterocycles. The Morgan fingerprint density at radius 1 is 1.21 bits per heavy atom. The zero-order valence-electron chi connectivity index (χ0n) is 15.7. The van der Waals surface area contributed by atoms with Crippen LogP contribution in [0.5, 0.6) is 0 Å². The Balaban J connectivity index is 1.61. The molecule has 1 fully saturated rings. The molecule has 2 aromatic heterocycles. The first-order chi connectivity index (χ1) is 13.6. The molecular formula is C20H22FN5O2. The predicted molar refractivity (Wildman–Crippen MR) is 102 cm³/mol. The van der Waals surface area contributed by atoms with Gasteiger partial charge in [0.25, 0.3) is 0 Å². The summed E-state index contributed by atoms with van der Waals surface area (Å²) in [7, 11) is 0.